The molecule has 1 aromatic heterocycles. The monoisotopic (exact) mass is 346 g/mol. The molecule has 0 radical (unpaired) electrons. The van der Waals surface area contributed by atoms with Crippen molar-refractivity contribution in [3.8, 4) is 5.75 Å². The third-order valence-corrected chi connectivity index (χ3v) is 4.37. The molecule has 0 aliphatic rings. The molecule has 1 heterocycles. The minimum atomic E-state index is -0.344. The third-order valence-electron chi connectivity index (χ3n) is 3.39. The normalized spacial score (nSPS) is 12.0. The Hall–Kier alpha value is -2.08. The van der Waals surface area contributed by atoms with Crippen molar-refractivity contribution in [2.75, 3.05) is 6.61 Å². The SMILES string of the molecule is CCCc1cc(=O)[nH]c(S[C@@H](C)C(=O)c2ccc(OCC)cc2)n1. The number of nitrogens with one attached hydrogen (secondary N) is 1. The lowest BCUT2D eigenvalue weighted by Gasteiger charge is -2.11. The Morgan fingerprint density at radius 2 is 2.00 bits per heavy atom. The Morgan fingerprint density at radius 1 is 1.29 bits per heavy atom. The summed E-state index contributed by atoms with van der Waals surface area (Å²) in [5, 5.41) is 0.140. The smallest absolute Gasteiger partial charge is 0.251 e. The predicted octanol–water partition coefficient (Wildman–Crippen LogP) is 3.48. The molecule has 0 aliphatic heterocycles. The molecule has 0 saturated carbocycles. The molecular weight excluding hydrogens is 324 g/mol. The molecule has 0 unspecified atom stereocenters. The number of carbonyl (C=O) groups excluding carboxylic acids is 1. The van der Waals surface area contributed by atoms with E-state index in [0.717, 1.165) is 24.3 Å². The van der Waals surface area contributed by atoms with Crippen LogP contribution in [0.1, 0.15) is 43.2 Å². The molecule has 1 aromatic carbocycles. The van der Waals surface area contributed by atoms with Crippen molar-refractivity contribution in [2.45, 2.75) is 44.0 Å². The molecule has 6 heteroatoms. The van der Waals surface area contributed by atoms with Gasteiger partial charge in [-0.15, -0.1) is 0 Å². The number of aromatic nitrogens is 2. The highest BCUT2D eigenvalue weighted by molar-refractivity contribution is 8.00. The van der Waals surface area contributed by atoms with Gasteiger partial charge in [0.1, 0.15) is 5.75 Å². The highest BCUT2D eigenvalue weighted by Gasteiger charge is 2.18. The quantitative estimate of drug-likeness (QED) is 0.450. The lowest BCUT2D eigenvalue weighted by Crippen LogP contribution is -2.16. The van der Waals surface area contributed by atoms with Gasteiger partial charge in [0.2, 0.25) is 0 Å². The number of Topliss-reactive ketones (excluding diaryl/α,β-unsaturated/α-hetero) is 1. The second-order valence-electron chi connectivity index (χ2n) is 5.37. The van der Waals surface area contributed by atoms with Gasteiger partial charge < -0.3 is 9.72 Å². The van der Waals surface area contributed by atoms with Gasteiger partial charge in [-0.2, -0.15) is 0 Å². The van der Waals surface area contributed by atoms with Gasteiger partial charge in [0.05, 0.1) is 11.9 Å². The molecule has 5 nitrogen and oxygen atoms in total. The fourth-order valence-corrected chi connectivity index (χ4v) is 3.17. The largest absolute Gasteiger partial charge is 0.494 e. The van der Waals surface area contributed by atoms with Crippen molar-refractivity contribution < 1.29 is 9.53 Å². The molecule has 0 bridgehead atoms. The van der Waals surface area contributed by atoms with Gasteiger partial charge >= 0.3 is 0 Å². The fraction of sp³-hybridized carbons (Fsp3) is 0.389. The van der Waals surface area contributed by atoms with E-state index in [1.165, 1.54) is 17.8 Å². The summed E-state index contributed by atoms with van der Waals surface area (Å²) in [6.07, 6.45) is 1.67. The number of thioether (sulfide) groups is 1. The van der Waals surface area contributed by atoms with Crippen molar-refractivity contribution in [2.24, 2.45) is 0 Å². The van der Waals surface area contributed by atoms with Crippen LogP contribution in [0.15, 0.2) is 40.3 Å². The van der Waals surface area contributed by atoms with E-state index in [2.05, 4.69) is 9.97 Å². The van der Waals surface area contributed by atoms with E-state index >= 15 is 0 Å². The molecule has 2 rings (SSSR count). The molecule has 1 N–H and O–H groups in total. The van der Waals surface area contributed by atoms with E-state index in [4.69, 9.17) is 4.74 Å². The zero-order valence-electron chi connectivity index (χ0n) is 14.2. The van der Waals surface area contributed by atoms with Gasteiger partial charge in [-0.3, -0.25) is 9.59 Å². The highest BCUT2D eigenvalue weighted by atomic mass is 32.2. The molecule has 24 heavy (non-hydrogen) atoms. The van der Waals surface area contributed by atoms with E-state index in [-0.39, 0.29) is 16.6 Å². The summed E-state index contributed by atoms with van der Waals surface area (Å²) >= 11 is 1.27. The van der Waals surface area contributed by atoms with Crippen molar-refractivity contribution in [1.29, 1.82) is 0 Å². The molecular formula is C18H22N2O3S. The first-order valence-corrected chi connectivity index (χ1v) is 8.95. The summed E-state index contributed by atoms with van der Waals surface area (Å²) in [6, 6.07) is 8.60. The molecule has 1 atom stereocenters. The van der Waals surface area contributed by atoms with Crippen LogP contribution in [0.3, 0.4) is 0 Å². The third kappa shape index (κ3) is 4.96. The van der Waals surface area contributed by atoms with Crippen LogP contribution in [0.2, 0.25) is 0 Å². The van der Waals surface area contributed by atoms with Crippen LogP contribution in [0.4, 0.5) is 0 Å². The number of ketones is 1. The van der Waals surface area contributed by atoms with Crippen molar-refractivity contribution >= 4 is 17.5 Å². The van der Waals surface area contributed by atoms with Crippen LogP contribution >= 0.6 is 11.8 Å². The van der Waals surface area contributed by atoms with Crippen LogP contribution < -0.4 is 10.3 Å². The number of H-pyrrole nitrogens is 1. The number of aryl methyl sites for hydroxylation is 1. The van der Waals surface area contributed by atoms with Gasteiger partial charge in [-0.25, -0.2) is 4.98 Å². The van der Waals surface area contributed by atoms with Crippen LogP contribution in [0.25, 0.3) is 0 Å². The Labute approximate surface area is 145 Å². The van der Waals surface area contributed by atoms with Gasteiger partial charge in [0.15, 0.2) is 10.9 Å². The van der Waals surface area contributed by atoms with E-state index in [1.807, 2.05) is 20.8 Å². The van der Waals surface area contributed by atoms with Crippen LogP contribution in [-0.4, -0.2) is 27.6 Å². The predicted molar refractivity (Wildman–Crippen MR) is 96.1 cm³/mol. The summed E-state index contributed by atoms with van der Waals surface area (Å²) in [6.45, 7) is 6.36. The molecule has 0 amide bonds. The molecule has 0 fully saturated rings. The Kier molecular flexibility index (Phi) is 6.61. The number of carbonyl (C=O) groups is 1. The maximum Gasteiger partial charge on any atom is 0.251 e. The number of ether oxygens (including phenoxy) is 1. The number of nitrogens with zero attached hydrogens (tertiary/aromatic N) is 1. The van der Waals surface area contributed by atoms with E-state index in [1.54, 1.807) is 24.3 Å². The number of benzene rings is 1. The van der Waals surface area contributed by atoms with Gasteiger partial charge in [-0.1, -0.05) is 25.1 Å². The van der Waals surface area contributed by atoms with Crippen molar-refractivity contribution in [3.05, 3.63) is 51.9 Å². The first kappa shape index (κ1) is 18.3. The van der Waals surface area contributed by atoms with Gasteiger partial charge in [0, 0.05) is 17.3 Å². The average Bonchev–Trinajstić information content (AvgIpc) is 2.55. The lowest BCUT2D eigenvalue weighted by molar-refractivity contribution is 0.0994. The number of hydrogen-bond acceptors (Lipinski definition) is 5. The van der Waals surface area contributed by atoms with E-state index < -0.39 is 0 Å². The van der Waals surface area contributed by atoms with Crippen molar-refractivity contribution in [1.82, 2.24) is 9.97 Å². The molecule has 0 aliphatic carbocycles. The fourth-order valence-electron chi connectivity index (χ4n) is 2.26. The highest BCUT2D eigenvalue weighted by Crippen LogP contribution is 2.23. The standard InChI is InChI=1S/C18H22N2O3S/c1-4-6-14-11-16(21)20-18(19-14)24-12(3)17(22)13-7-9-15(10-8-13)23-5-2/h7-12H,4-6H2,1-3H3,(H,19,20,21)/t12-/m0/s1. The minimum Gasteiger partial charge on any atom is -0.494 e. The summed E-state index contributed by atoms with van der Waals surface area (Å²) < 4.78 is 5.38. The summed E-state index contributed by atoms with van der Waals surface area (Å²) in [5.41, 5.74) is 1.19. The Bertz CT molecular complexity index is 741. The second kappa shape index (κ2) is 8.68. The zero-order chi connectivity index (χ0) is 17.5. The number of hydrogen-bond donors (Lipinski definition) is 1. The maximum absolute atomic E-state index is 12.5. The molecule has 0 spiro atoms. The summed E-state index contributed by atoms with van der Waals surface area (Å²) in [5.74, 6) is 0.735. The summed E-state index contributed by atoms with van der Waals surface area (Å²) in [7, 11) is 0. The minimum absolute atomic E-state index is 0.00779. The first-order valence-electron chi connectivity index (χ1n) is 8.07. The zero-order valence-corrected chi connectivity index (χ0v) is 15.0. The molecule has 0 saturated heterocycles. The van der Waals surface area contributed by atoms with Crippen LogP contribution in [0.5, 0.6) is 5.75 Å². The van der Waals surface area contributed by atoms with E-state index in [9.17, 15) is 9.59 Å². The molecule has 128 valence electrons. The Morgan fingerprint density at radius 3 is 2.62 bits per heavy atom. The average molecular weight is 346 g/mol. The molecule has 2 aromatic rings. The second-order valence-corrected chi connectivity index (χ2v) is 6.70. The summed E-state index contributed by atoms with van der Waals surface area (Å²) in [4.78, 5) is 31.3. The van der Waals surface area contributed by atoms with E-state index in [0.29, 0.717) is 17.3 Å². The van der Waals surface area contributed by atoms with Gasteiger partial charge in [0.25, 0.3) is 5.56 Å². The lowest BCUT2D eigenvalue weighted by atomic mass is 10.1. The number of aromatic amines is 1. The first-order chi connectivity index (χ1) is 11.5. The van der Waals surface area contributed by atoms with Crippen LogP contribution in [0, 0.1) is 0 Å². The van der Waals surface area contributed by atoms with Gasteiger partial charge in [-0.05, 0) is 44.5 Å². The van der Waals surface area contributed by atoms with Crippen LogP contribution in [-0.2, 0) is 6.42 Å². The topological polar surface area (TPSA) is 72.0 Å². The number of rotatable bonds is 8. The van der Waals surface area contributed by atoms with Crippen molar-refractivity contribution in [3.63, 3.8) is 0 Å². The maximum atomic E-state index is 12.5. The Balaban J connectivity index is 2.09.